The molecule has 0 amide bonds. The molecule has 0 spiro atoms. The first-order chi connectivity index (χ1) is 14.3. The fourth-order valence-corrected chi connectivity index (χ4v) is 3.14. The molecule has 9 heteroatoms. The second-order valence-electron chi connectivity index (χ2n) is 7.29. The summed E-state index contributed by atoms with van der Waals surface area (Å²) < 4.78 is 11.2. The number of nitrogens with zero attached hydrogens (tertiary/aromatic N) is 2. The Kier molecular flexibility index (Phi) is 7.04. The summed E-state index contributed by atoms with van der Waals surface area (Å²) in [6.07, 6.45) is 2.49. The lowest BCUT2D eigenvalue weighted by Crippen LogP contribution is -2.27. The summed E-state index contributed by atoms with van der Waals surface area (Å²) in [7, 11) is 0. The standard InChI is InChI=1S/C21H26ClN3O5/c1-12(2)29-21-18(22)7-15(8-23-21)19-9-25(24-30-19)16-5-13(3)20(14(4)6-16)28-11-17(27)10-26/h5-9,12,17,24,26-27H,10-11H2,1-4H3. The number of anilines is 1. The maximum atomic E-state index is 9.51. The number of rotatable bonds is 8. The number of aliphatic hydroxyl groups is 2. The average molecular weight is 436 g/mol. The molecule has 0 aliphatic carbocycles. The van der Waals surface area contributed by atoms with E-state index in [2.05, 4.69) is 10.6 Å². The maximum Gasteiger partial charge on any atom is 0.232 e. The summed E-state index contributed by atoms with van der Waals surface area (Å²) in [6.45, 7) is 7.32. The molecule has 30 heavy (non-hydrogen) atoms. The number of aromatic nitrogens is 1. The number of aliphatic hydroxyl groups excluding tert-OH is 2. The summed E-state index contributed by atoms with van der Waals surface area (Å²) in [5.41, 5.74) is 6.17. The molecular weight excluding hydrogens is 410 g/mol. The lowest BCUT2D eigenvalue weighted by atomic mass is 10.1. The monoisotopic (exact) mass is 435 g/mol. The van der Waals surface area contributed by atoms with E-state index in [1.54, 1.807) is 23.5 Å². The molecule has 0 bridgehead atoms. The smallest absolute Gasteiger partial charge is 0.232 e. The van der Waals surface area contributed by atoms with Crippen molar-refractivity contribution in [3.8, 4) is 11.6 Å². The maximum absolute atomic E-state index is 9.51. The average Bonchev–Trinajstić information content (AvgIpc) is 3.18. The van der Waals surface area contributed by atoms with Crippen molar-refractivity contribution in [1.82, 2.24) is 10.6 Å². The summed E-state index contributed by atoms with van der Waals surface area (Å²) in [5, 5.41) is 20.6. The van der Waals surface area contributed by atoms with Crippen LogP contribution in [0, 0.1) is 13.8 Å². The molecule has 8 nitrogen and oxygen atoms in total. The van der Waals surface area contributed by atoms with Crippen molar-refractivity contribution >= 4 is 23.0 Å². The van der Waals surface area contributed by atoms with Crippen molar-refractivity contribution in [2.75, 3.05) is 18.2 Å². The minimum absolute atomic E-state index is 0.0229. The first-order valence-electron chi connectivity index (χ1n) is 9.57. The number of ether oxygens (including phenoxy) is 2. The Labute approximate surface area is 180 Å². The van der Waals surface area contributed by atoms with Gasteiger partial charge in [-0.25, -0.2) is 9.99 Å². The van der Waals surface area contributed by atoms with Gasteiger partial charge in [0.15, 0.2) is 5.76 Å². The number of benzene rings is 1. The first kappa shape index (κ1) is 22.2. The highest BCUT2D eigenvalue weighted by atomic mass is 35.5. The van der Waals surface area contributed by atoms with Gasteiger partial charge in [0.1, 0.15) is 23.5 Å². The summed E-state index contributed by atoms with van der Waals surface area (Å²) in [4.78, 5) is 9.86. The molecule has 1 unspecified atom stereocenters. The molecule has 0 radical (unpaired) electrons. The van der Waals surface area contributed by atoms with Crippen molar-refractivity contribution in [1.29, 1.82) is 0 Å². The van der Waals surface area contributed by atoms with Crippen LogP contribution in [0.15, 0.2) is 30.6 Å². The summed E-state index contributed by atoms with van der Waals surface area (Å²) in [5.74, 6) is 1.61. The van der Waals surface area contributed by atoms with Crippen LogP contribution < -0.4 is 20.1 Å². The Morgan fingerprint density at radius 2 is 1.93 bits per heavy atom. The Morgan fingerprint density at radius 1 is 1.23 bits per heavy atom. The van der Waals surface area contributed by atoms with Gasteiger partial charge in [-0.05, 0) is 57.0 Å². The van der Waals surface area contributed by atoms with E-state index in [-0.39, 0.29) is 19.3 Å². The molecule has 1 aromatic carbocycles. The summed E-state index contributed by atoms with van der Waals surface area (Å²) in [6, 6.07) is 5.59. The van der Waals surface area contributed by atoms with E-state index in [1.165, 1.54) is 0 Å². The third-order valence-electron chi connectivity index (χ3n) is 4.29. The van der Waals surface area contributed by atoms with Crippen molar-refractivity contribution in [3.63, 3.8) is 0 Å². The Balaban J connectivity index is 1.77. The second kappa shape index (κ2) is 9.53. The van der Waals surface area contributed by atoms with Crippen molar-refractivity contribution in [2.45, 2.75) is 39.9 Å². The van der Waals surface area contributed by atoms with Crippen LogP contribution in [-0.2, 0) is 4.84 Å². The third kappa shape index (κ3) is 5.14. The SMILES string of the molecule is Cc1cc(N2C=C(c3cnc(OC(C)C)c(Cl)c3)ON2)cc(C)c1OCC(O)CO. The van der Waals surface area contributed by atoms with Crippen LogP contribution >= 0.6 is 11.6 Å². The van der Waals surface area contributed by atoms with Crippen LogP contribution in [-0.4, -0.2) is 40.6 Å². The number of hydrogen-bond donors (Lipinski definition) is 3. The van der Waals surface area contributed by atoms with Crippen LogP contribution in [0.1, 0.15) is 30.5 Å². The number of hydrazine groups is 1. The highest BCUT2D eigenvalue weighted by Gasteiger charge is 2.20. The Bertz CT molecular complexity index is 912. The van der Waals surface area contributed by atoms with Gasteiger partial charge in [0.2, 0.25) is 5.88 Å². The van der Waals surface area contributed by atoms with Crippen LogP contribution in [0.2, 0.25) is 5.02 Å². The number of hydrogen-bond acceptors (Lipinski definition) is 8. The zero-order valence-electron chi connectivity index (χ0n) is 17.3. The molecule has 3 rings (SSSR count). The van der Waals surface area contributed by atoms with Crippen LogP contribution in [0.5, 0.6) is 11.6 Å². The fourth-order valence-electron chi connectivity index (χ4n) is 2.93. The van der Waals surface area contributed by atoms with E-state index in [9.17, 15) is 5.11 Å². The second-order valence-corrected chi connectivity index (χ2v) is 7.70. The molecule has 2 aromatic rings. The number of nitrogens with one attached hydrogen (secondary N) is 1. The highest BCUT2D eigenvalue weighted by molar-refractivity contribution is 6.32. The van der Waals surface area contributed by atoms with Gasteiger partial charge < -0.3 is 24.5 Å². The Hall–Kier alpha value is -2.52. The zero-order valence-corrected chi connectivity index (χ0v) is 18.1. The summed E-state index contributed by atoms with van der Waals surface area (Å²) >= 11 is 6.28. The van der Waals surface area contributed by atoms with Gasteiger partial charge in [0.25, 0.3) is 0 Å². The number of pyridine rings is 1. The normalized spacial score (nSPS) is 14.5. The topological polar surface area (TPSA) is 96.3 Å². The van der Waals surface area contributed by atoms with Gasteiger partial charge >= 0.3 is 0 Å². The molecule has 1 aliphatic rings. The molecular formula is C21H26ClN3O5. The molecule has 3 N–H and O–H groups in total. The Morgan fingerprint density at radius 3 is 2.53 bits per heavy atom. The van der Waals surface area contributed by atoms with E-state index in [1.807, 2.05) is 39.8 Å². The van der Waals surface area contributed by atoms with Gasteiger partial charge in [-0.2, -0.15) is 0 Å². The molecule has 0 saturated heterocycles. The van der Waals surface area contributed by atoms with E-state index in [0.717, 1.165) is 16.8 Å². The van der Waals surface area contributed by atoms with E-state index in [0.29, 0.717) is 28.0 Å². The zero-order chi connectivity index (χ0) is 21.8. The van der Waals surface area contributed by atoms with Crippen LogP contribution in [0.3, 0.4) is 0 Å². The van der Waals surface area contributed by atoms with Crippen LogP contribution in [0.25, 0.3) is 5.76 Å². The van der Waals surface area contributed by atoms with E-state index < -0.39 is 6.10 Å². The lowest BCUT2D eigenvalue weighted by molar-refractivity contribution is 0.0532. The van der Waals surface area contributed by atoms with Crippen molar-refractivity contribution in [3.05, 3.63) is 52.3 Å². The predicted molar refractivity (Wildman–Crippen MR) is 114 cm³/mol. The molecule has 162 valence electrons. The first-order valence-corrected chi connectivity index (χ1v) is 9.95. The lowest BCUT2D eigenvalue weighted by Gasteiger charge is -2.19. The minimum Gasteiger partial charge on any atom is -0.490 e. The highest BCUT2D eigenvalue weighted by Crippen LogP contribution is 2.33. The molecule has 0 saturated carbocycles. The molecule has 1 aliphatic heterocycles. The fraction of sp³-hybridized carbons (Fsp3) is 0.381. The largest absolute Gasteiger partial charge is 0.490 e. The molecule has 0 fully saturated rings. The third-order valence-corrected chi connectivity index (χ3v) is 4.56. The van der Waals surface area contributed by atoms with Gasteiger partial charge in [-0.1, -0.05) is 17.2 Å². The van der Waals surface area contributed by atoms with E-state index >= 15 is 0 Å². The molecule has 1 aromatic heterocycles. The van der Waals surface area contributed by atoms with E-state index in [4.69, 9.17) is 31.0 Å². The number of halogens is 1. The van der Waals surface area contributed by atoms with Gasteiger partial charge in [0, 0.05) is 11.8 Å². The van der Waals surface area contributed by atoms with Gasteiger partial charge in [-0.3, -0.25) is 0 Å². The van der Waals surface area contributed by atoms with Gasteiger partial charge in [0.05, 0.1) is 24.6 Å². The minimum atomic E-state index is -0.916. The van der Waals surface area contributed by atoms with Crippen molar-refractivity contribution < 1.29 is 24.5 Å². The van der Waals surface area contributed by atoms with Crippen LogP contribution in [0.4, 0.5) is 5.69 Å². The van der Waals surface area contributed by atoms with Gasteiger partial charge in [-0.15, -0.1) is 0 Å². The van der Waals surface area contributed by atoms with Crippen molar-refractivity contribution in [2.24, 2.45) is 0 Å². The molecule has 1 atom stereocenters. The number of aryl methyl sites for hydroxylation is 2. The predicted octanol–water partition coefficient (Wildman–Crippen LogP) is 3.13. The molecule has 2 heterocycles. The quantitative estimate of drug-likeness (QED) is 0.582.